The van der Waals surface area contributed by atoms with E-state index >= 15 is 0 Å². The fraction of sp³-hybridized carbons (Fsp3) is 0.241. The second-order valence-corrected chi connectivity index (χ2v) is 9.69. The van der Waals surface area contributed by atoms with Crippen LogP contribution in [0.3, 0.4) is 0 Å². The van der Waals surface area contributed by atoms with Gasteiger partial charge in [0.2, 0.25) is 5.76 Å². The van der Waals surface area contributed by atoms with Crippen molar-refractivity contribution in [2.45, 2.75) is 39.2 Å². The van der Waals surface area contributed by atoms with E-state index in [9.17, 15) is 14.0 Å². The lowest BCUT2D eigenvalue weighted by Gasteiger charge is -2.26. The molecule has 0 saturated heterocycles. The highest BCUT2D eigenvalue weighted by atomic mass is 19.1. The number of carbonyl (C=O) groups excluding carboxylic acids is 1. The number of fused-ring (bicyclic) bond motifs is 2. The van der Waals surface area contributed by atoms with E-state index < -0.39 is 23.2 Å². The highest BCUT2D eigenvalue weighted by Gasteiger charge is 2.43. The summed E-state index contributed by atoms with van der Waals surface area (Å²) in [6, 6.07) is 18.1. The van der Waals surface area contributed by atoms with Gasteiger partial charge in [0.25, 0.3) is 5.91 Å². The zero-order valence-corrected chi connectivity index (χ0v) is 20.1. The van der Waals surface area contributed by atoms with Crippen LogP contribution in [0.4, 0.5) is 10.1 Å². The van der Waals surface area contributed by atoms with Crippen molar-refractivity contribution in [3.63, 3.8) is 0 Å². The third-order valence-corrected chi connectivity index (χ3v) is 6.35. The Morgan fingerprint density at radius 2 is 1.66 bits per heavy atom. The molecule has 1 amide bonds. The van der Waals surface area contributed by atoms with E-state index in [1.807, 2.05) is 31.2 Å². The normalized spacial score (nSPS) is 15.5. The van der Waals surface area contributed by atoms with Crippen molar-refractivity contribution >= 4 is 22.6 Å². The molecule has 0 fully saturated rings. The van der Waals surface area contributed by atoms with Gasteiger partial charge in [-0.05, 0) is 65.9 Å². The molecule has 35 heavy (non-hydrogen) atoms. The van der Waals surface area contributed by atoms with E-state index in [-0.39, 0.29) is 27.7 Å². The zero-order valence-electron chi connectivity index (χ0n) is 20.1. The number of rotatable bonds is 4. The van der Waals surface area contributed by atoms with Gasteiger partial charge in [-0.2, -0.15) is 0 Å². The highest BCUT2D eigenvalue weighted by molar-refractivity contribution is 6.10. The van der Waals surface area contributed by atoms with Crippen molar-refractivity contribution in [2.75, 3.05) is 11.5 Å². The number of amides is 1. The van der Waals surface area contributed by atoms with Crippen molar-refractivity contribution in [3.8, 4) is 5.75 Å². The molecule has 1 aromatic heterocycles. The first kappa shape index (κ1) is 22.8. The predicted octanol–water partition coefficient (Wildman–Crippen LogP) is 6.38. The van der Waals surface area contributed by atoms with E-state index in [0.29, 0.717) is 18.0 Å². The smallest absolute Gasteiger partial charge is 0.295 e. The Morgan fingerprint density at radius 3 is 2.29 bits per heavy atom. The zero-order chi connectivity index (χ0) is 24.9. The largest absolute Gasteiger partial charge is 0.494 e. The molecule has 178 valence electrons. The predicted molar refractivity (Wildman–Crippen MR) is 134 cm³/mol. The van der Waals surface area contributed by atoms with Gasteiger partial charge in [0.1, 0.15) is 17.1 Å². The first-order chi connectivity index (χ1) is 16.7. The Morgan fingerprint density at radius 1 is 0.971 bits per heavy atom. The van der Waals surface area contributed by atoms with Gasteiger partial charge in [-0.1, -0.05) is 45.0 Å². The van der Waals surface area contributed by atoms with Crippen LogP contribution in [0.1, 0.15) is 61.0 Å². The summed E-state index contributed by atoms with van der Waals surface area (Å²) in [7, 11) is 0. The maximum atomic E-state index is 14.0. The fourth-order valence-corrected chi connectivity index (χ4v) is 4.56. The second-order valence-electron chi connectivity index (χ2n) is 9.69. The van der Waals surface area contributed by atoms with Crippen molar-refractivity contribution < 1.29 is 18.3 Å². The van der Waals surface area contributed by atoms with E-state index in [1.54, 1.807) is 29.2 Å². The summed E-state index contributed by atoms with van der Waals surface area (Å²) >= 11 is 0. The molecule has 1 unspecified atom stereocenters. The number of hydrogen-bond donors (Lipinski definition) is 0. The number of ether oxygens (including phenoxy) is 1. The summed E-state index contributed by atoms with van der Waals surface area (Å²) in [6.45, 7) is 8.79. The minimum Gasteiger partial charge on any atom is -0.494 e. The van der Waals surface area contributed by atoms with Gasteiger partial charge in [-0.25, -0.2) is 4.39 Å². The van der Waals surface area contributed by atoms with E-state index in [2.05, 4.69) is 20.8 Å². The molecule has 0 bridgehead atoms. The van der Waals surface area contributed by atoms with Gasteiger partial charge >= 0.3 is 0 Å². The molecule has 6 heteroatoms. The molecule has 0 N–H and O–H groups in total. The van der Waals surface area contributed by atoms with Crippen molar-refractivity contribution in [1.29, 1.82) is 0 Å². The van der Waals surface area contributed by atoms with Crippen LogP contribution >= 0.6 is 0 Å². The molecular formula is C29H26FNO4. The second kappa shape index (κ2) is 8.38. The van der Waals surface area contributed by atoms with Crippen LogP contribution in [0.15, 0.2) is 75.9 Å². The van der Waals surface area contributed by atoms with Crippen LogP contribution in [0.2, 0.25) is 0 Å². The topological polar surface area (TPSA) is 59.8 Å². The molecule has 5 nitrogen and oxygen atoms in total. The summed E-state index contributed by atoms with van der Waals surface area (Å²) < 4.78 is 25.5. The van der Waals surface area contributed by atoms with Crippen molar-refractivity contribution in [2.24, 2.45) is 0 Å². The first-order valence-corrected chi connectivity index (χ1v) is 11.6. The average Bonchev–Trinajstić information content (AvgIpc) is 3.12. The van der Waals surface area contributed by atoms with Gasteiger partial charge in [0, 0.05) is 5.69 Å². The molecule has 3 aromatic carbocycles. The molecule has 0 aliphatic carbocycles. The third-order valence-electron chi connectivity index (χ3n) is 6.35. The Labute approximate surface area is 202 Å². The summed E-state index contributed by atoms with van der Waals surface area (Å²) in [6.07, 6.45) is 0. The van der Waals surface area contributed by atoms with Crippen molar-refractivity contribution in [3.05, 3.63) is 105 Å². The van der Waals surface area contributed by atoms with Crippen molar-refractivity contribution in [1.82, 2.24) is 0 Å². The quantitative estimate of drug-likeness (QED) is 0.347. The van der Waals surface area contributed by atoms with Gasteiger partial charge in [0.15, 0.2) is 5.43 Å². The van der Waals surface area contributed by atoms with E-state index in [0.717, 1.165) is 17.2 Å². The Bertz CT molecular complexity index is 1480. The molecule has 1 atom stereocenters. The van der Waals surface area contributed by atoms with Crippen LogP contribution in [0, 0.1) is 5.82 Å². The molecular weight excluding hydrogens is 445 g/mol. The lowest BCUT2D eigenvalue weighted by Crippen LogP contribution is -2.29. The minimum atomic E-state index is -0.714. The van der Waals surface area contributed by atoms with Crippen LogP contribution in [-0.4, -0.2) is 12.5 Å². The van der Waals surface area contributed by atoms with Gasteiger partial charge in [-0.3, -0.25) is 14.5 Å². The summed E-state index contributed by atoms with van der Waals surface area (Å²) in [5.41, 5.74) is 2.43. The number of carbonyl (C=O) groups is 1. The molecule has 0 spiro atoms. The SMILES string of the molecule is CCOc1ccc(N2C(=O)c3oc4ccc(F)cc4c(=O)c3C2c2ccc(C(C)(C)C)cc2)cc1. The average molecular weight is 472 g/mol. The monoisotopic (exact) mass is 471 g/mol. The number of benzene rings is 3. The van der Waals surface area contributed by atoms with Gasteiger partial charge in [-0.15, -0.1) is 0 Å². The molecule has 0 radical (unpaired) electrons. The number of nitrogens with zero attached hydrogens (tertiary/aromatic N) is 1. The lowest BCUT2D eigenvalue weighted by molar-refractivity contribution is 0.0971. The number of halogens is 1. The summed E-state index contributed by atoms with van der Waals surface area (Å²) in [5.74, 6) is -0.296. The molecule has 1 aliphatic heterocycles. The Hall–Kier alpha value is -3.93. The van der Waals surface area contributed by atoms with Crippen LogP contribution in [0.5, 0.6) is 5.75 Å². The minimum absolute atomic E-state index is 0.0205. The fourth-order valence-electron chi connectivity index (χ4n) is 4.56. The summed E-state index contributed by atoms with van der Waals surface area (Å²) in [5, 5.41) is 0.112. The Kier molecular flexibility index (Phi) is 5.47. The maximum absolute atomic E-state index is 14.0. The molecule has 2 heterocycles. The lowest BCUT2D eigenvalue weighted by atomic mass is 9.86. The van der Waals surface area contributed by atoms with Crippen LogP contribution in [0.25, 0.3) is 11.0 Å². The van der Waals surface area contributed by atoms with Crippen LogP contribution in [-0.2, 0) is 5.41 Å². The molecule has 4 aromatic rings. The third kappa shape index (κ3) is 3.89. The summed E-state index contributed by atoms with van der Waals surface area (Å²) in [4.78, 5) is 28.8. The van der Waals surface area contributed by atoms with E-state index in [4.69, 9.17) is 9.15 Å². The molecule has 0 saturated carbocycles. The van der Waals surface area contributed by atoms with Gasteiger partial charge in [0.05, 0.1) is 23.6 Å². The number of anilines is 1. The van der Waals surface area contributed by atoms with E-state index in [1.165, 1.54) is 12.1 Å². The first-order valence-electron chi connectivity index (χ1n) is 11.6. The maximum Gasteiger partial charge on any atom is 0.295 e. The van der Waals surface area contributed by atoms with Gasteiger partial charge < -0.3 is 9.15 Å². The molecule has 1 aliphatic rings. The highest BCUT2D eigenvalue weighted by Crippen LogP contribution is 2.42. The standard InChI is InChI=1S/C29H26FNO4/c1-5-34-21-13-11-20(12-14-21)31-25(17-6-8-18(9-7-17)29(2,3)4)24-26(32)22-16-19(30)10-15-23(22)35-27(24)28(31)33/h6-16,25H,5H2,1-4H3. The number of hydrogen-bond acceptors (Lipinski definition) is 4. The van der Waals surface area contributed by atoms with Crippen LogP contribution < -0.4 is 15.1 Å². The Balaban J connectivity index is 1.72. The molecule has 5 rings (SSSR count).